The Labute approximate surface area is 264 Å². The Hall–Kier alpha value is -3.27. The SMILES string of the molecule is CC(C)Cn1[c-][n+]2c3c(cccc31)N(C)c1c-2[c-]cc2c1C(C)(C)CCC2(C)C.[Ir+3].[c-]1ccccc1-c1ccccn1. The predicted molar refractivity (Wildman–Crippen MR) is 168 cm³/mol. The van der Waals surface area contributed by atoms with Crippen LogP contribution < -0.4 is 9.47 Å². The van der Waals surface area contributed by atoms with Gasteiger partial charge in [-0.05, 0) is 48.3 Å². The van der Waals surface area contributed by atoms with Gasteiger partial charge in [0, 0.05) is 11.9 Å². The van der Waals surface area contributed by atoms with E-state index in [0.717, 1.165) is 23.5 Å². The summed E-state index contributed by atoms with van der Waals surface area (Å²) in [6.45, 7) is 15.1. The third-order valence-electron chi connectivity index (χ3n) is 8.71. The van der Waals surface area contributed by atoms with Crippen molar-refractivity contribution in [3.8, 4) is 16.9 Å². The van der Waals surface area contributed by atoms with Gasteiger partial charge in [-0.2, -0.15) is 12.1 Å². The molecule has 3 aromatic carbocycles. The number of hydrogen-bond donors (Lipinski definition) is 0. The molecule has 0 unspecified atom stereocenters. The van der Waals surface area contributed by atoms with Gasteiger partial charge in [0.2, 0.25) is 6.33 Å². The minimum absolute atomic E-state index is 0. The van der Waals surface area contributed by atoms with Crippen LogP contribution in [0.15, 0.2) is 72.9 Å². The molecule has 5 aromatic rings. The van der Waals surface area contributed by atoms with Gasteiger partial charge >= 0.3 is 20.1 Å². The van der Waals surface area contributed by atoms with Crippen molar-refractivity contribution < 1.29 is 24.7 Å². The number of rotatable bonds is 3. The summed E-state index contributed by atoms with van der Waals surface area (Å²) in [4.78, 5) is 6.62. The van der Waals surface area contributed by atoms with E-state index in [-0.39, 0.29) is 30.9 Å². The molecule has 0 N–H and O–H groups in total. The third kappa shape index (κ3) is 5.23. The molecule has 0 amide bonds. The fraction of sp³-hybridized carbons (Fsp3) is 0.351. The first kappa shape index (κ1) is 30.2. The van der Waals surface area contributed by atoms with Crippen LogP contribution in [0, 0.1) is 24.4 Å². The number of para-hydroxylation sites is 1. The molecule has 0 spiro atoms. The van der Waals surface area contributed by atoms with Gasteiger partial charge in [-0.3, -0.25) is 0 Å². The molecule has 0 saturated heterocycles. The van der Waals surface area contributed by atoms with Gasteiger partial charge in [-0.15, -0.1) is 47.0 Å². The van der Waals surface area contributed by atoms with Crippen molar-refractivity contribution in [3.63, 3.8) is 0 Å². The maximum Gasteiger partial charge on any atom is 3.00 e. The van der Waals surface area contributed by atoms with Gasteiger partial charge < -0.3 is 19.0 Å². The second kappa shape index (κ2) is 11.4. The zero-order valence-electron chi connectivity index (χ0n) is 25.7. The first-order valence-electron chi connectivity index (χ1n) is 14.8. The Bertz CT molecular complexity index is 1660. The van der Waals surface area contributed by atoms with Gasteiger partial charge in [0.25, 0.3) is 0 Å². The zero-order valence-corrected chi connectivity index (χ0v) is 28.1. The van der Waals surface area contributed by atoms with Crippen molar-refractivity contribution in [3.05, 3.63) is 103 Å². The number of aromatic nitrogens is 3. The molecular formula is C37H40IrN4+. The Morgan fingerprint density at radius 2 is 1.69 bits per heavy atom. The minimum Gasteiger partial charge on any atom is -0.407 e. The molecular weight excluding hydrogens is 693 g/mol. The standard InChI is InChI=1S/C26H32N3.C11H8N.Ir/c1-17(2)15-28-16-29-21-12-11-18-22(26(5,6)14-13-25(18,3)4)24(21)27(7)19-9-8-10-20(28)23(19)29;1-2-6-10(7-3-1)11-8-4-5-9-12-11;/h8-11,17H,13-15H2,1-7H3;1-6,8-9H;/q2*-1;+3. The summed E-state index contributed by atoms with van der Waals surface area (Å²) in [5.41, 5.74) is 11.5. The molecule has 0 fully saturated rings. The van der Waals surface area contributed by atoms with E-state index in [1.807, 2.05) is 42.5 Å². The summed E-state index contributed by atoms with van der Waals surface area (Å²) in [6.07, 6.45) is 7.88. The molecule has 1 aliphatic carbocycles. The van der Waals surface area contributed by atoms with Crippen molar-refractivity contribution in [2.45, 2.75) is 71.8 Å². The van der Waals surface area contributed by atoms with Crippen LogP contribution in [0.25, 0.3) is 28.0 Å². The van der Waals surface area contributed by atoms with Crippen LogP contribution in [-0.2, 0) is 37.5 Å². The largest absolute Gasteiger partial charge is 3.00 e. The summed E-state index contributed by atoms with van der Waals surface area (Å²) < 4.78 is 4.55. The molecule has 1 aliphatic heterocycles. The fourth-order valence-corrected chi connectivity index (χ4v) is 6.45. The zero-order chi connectivity index (χ0) is 28.9. The van der Waals surface area contributed by atoms with Crippen molar-refractivity contribution in [2.24, 2.45) is 5.92 Å². The Morgan fingerprint density at radius 3 is 2.38 bits per heavy atom. The van der Waals surface area contributed by atoms with Gasteiger partial charge in [-0.25, -0.2) is 0 Å². The molecule has 7 rings (SSSR count). The van der Waals surface area contributed by atoms with E-state index < -0.39 is 0 Å². The van der Waals surface area contributed by atoms with Crippen LogP contribution in [0.3, 0.4) is 0 Å². The number of hydrogen-bond acceptors (Lipinski definition) is 2. The van der Waals surface area contributed by atoms with Gasteiger partial charge in [0.15, 0.2) is 0 Å². The number of nitrogens with zero attached hydrogens (tertiary/aromatic N) is 4. The van der Waals surface area contributed by atoms with Crippen LogP contribution in [-0.4, -0.2) is 16.6 Å². The second-order valence-corrected chi connectivity index (χ2v) is 13.2. The monoisotopic (exact) mass is 733 g/mol. The number of pyridine rings is 1. The van der Waals surface area contributed by atoms with E-state index >= 15 is 0 Å². The molecule has 2 aromatic heterocycles. The Morgan fingerprint density at radius 1 is 0.929 bits per heavy atom. The van der Waals surface area contributed by atoms with Gasteiger partial charge in [-0.1, -0.05) is 83.3 Å². The molecule has 2 aliphatic rings. The summed E-state index contributed by atoms with van der Waals surface area (Å²) in [7, 11) is 2.22. The smallest absolute Gasteiger partial charge is 0.407 e. The number of benzene rings is 3. The minimum atomic E-state index is 0. The normalized spacial score (nSPS) is 15.8. The third-order valence-corrected chi connectivity index (χ3v) is 8.71. The predicted octanol–water partition coefficient (Wildman–Crippen LogP) is 8.15. The van der Waals surface area contributed by atoms with Crippen molar-refractivity contribution in [1.82, 2.24) is 9.55 Å². The second-order valence-electron chi connectivity index (χ2n) is 13.2. The van der Waals surface area contributed by atoms with E-state index in [9.17, 15) is 0 Å². The molecule has 216 valence electrons. The molecule has 0 radical (unpaired) electrons. The fourth-order valence-electron chi connectivity index (χ4n) is 6.45. The van der Waals surface area contributed by atoms with E-state index in [0.29, 0.717) is 5.92 Å². The molecule has 0 atom stereocenters. The van der Waals surface area contributed by atoms with Crippen LogP contribution >= 0.6 is 0 Å². The molecule has 42 heavy (non-hydrogen) atoms. The molecule has 3 heterocycles. The van der Waals surface area contributed by atoms with Crippen LogP contribution in [0.2, 0.25) is 0 Å². The molecule has 4 nitrogen and oxygen atoms in total. The maximum atomic E-state index is 4.22. The van der Waals surface area contributed by atoms with Crippen molar-refractivity contribution >= 4 is 22.4 Å². The van der Waals surface area contributed by atoms with Crippen LogP contribution in [0.1, 0.15) is 65.5 Å². The van der Waals surface area contributed by atoms with E-state index in [2.05, 4.69) is 110 Å². The average molecular weight is 733 g/mol. The summed E-state index contributed by atoms with van der Waals surface area (Å²) in [6, 6.07) is 29.4. The van der Waals surface area contributed by atoms with Crippen LogP contribution in [0.4, 0.5) is 11.4 Å². The topological polar surface area (TPSA) is 24.9 Å². The van der Waals surface area contributed by atoms with Crippen molar-refractivity contribution in [2.75, 3.05) is 11.9 Å². The van der Waals surface area contributed by atoms with E-state index in [1.54, 1.807) is 6.20 Å². The summed E-state index contributed by atoms with van der Waals surface area (Å²) in [5, 5.41) is 0. The average Bonchev–Trinajstić information content (AvgIpc) is 3.33. The van der Waals surface area contributed by atoms with Gasteiger partial charge in [0.1, 0.15) is 0 Å². The first-order chi connectivity index (χ1) is 19.6. The maximum absolute atomic E-state index is 4.22. The van der Waals surface area contributed by atoms with Crippen LogP contribution in [0.5, 0.6) is 0 Å². The summed E-state index contributed by atoms with van der Waals surface area (Å²) in [5.74, 6) is 0.573. The first-order valence-corrected chi connectivity index (χ1v) is 14.8. The number of anilines is 2. The van der Waals surface area contributed by atoms with E-state index in [1.165, 1.54) is 46.4 Å². The molecule has 5 heteroatoms. The Kier molecular flexibility index (Phi) is 8.22. The molecule has 0 bridgehead atoms. The van der Waals surface area contributed by atoms with E-state index in [4.69, 9.17) is 0 Å². The summed E-state index contributed by atoms with van der Waals surface area (Å²) >= 11 is 0. The number of fused-ring (bicyclic) bond motifs is 4. The number of imidazole rings is 1. The molecule has 0 saturated carbocycles. The van der Waals surface area contributed by atoms with Crippen molar-refractivity contribution in [1.29, 1.82) is 0 Å². The Balaban J connectivity index is 0.000000228. The quantitative estimate of drug-likeness (QED) is 0.138. The van der Waals surface area contributed by atoms with Gasteiger partial charge in [0.05, 0.1) is 17.6 Å².